The highest BCUT2D eigenvalue weighted by atomic mass is 16.4. The van der Waals surface area contributed by atoms with Crippen LogP contribution in [0.4, 0.5) is 0 Å². The fourth-order valence-corrected chi connectivity index (χ4v) is 3.84. The summed E-state index contributed by atoms with van der Waals surface area (Å²) in [5.74, 6) is -2.29. The lowest BCUT2D eigenvalue weighted by Gasteiger charge is -2.29. The molecule has 7 nitrogen and oxygen atoms in total. The Labute approximate surface area is 172 Å². The fraction of sp³-hybridized carbons (Fsp3) is 0.591. The number of benzene rings is 1. The molecule has 29 heavy (non-hydrogen) atoms. The predicted octanol–water partition coefficient (Wildman–Crippen LogP) is 2.69. The first-order valence-corrected chi connectivity index (χ1v) is 10.5. The Hall–Kier alpha value is -2.41. The number of aryl methyl sites for hydroxylation is 1. The summed E-state index contributed by atoms with van der Waals surface area (Å²) in [6.45, 7) is 2.47. The van der Waals surface area contributed by atoms with Gasteiger partial charge in [0.1, 0.15) is 12.1 Å². The third kappa shape index (κ3) is 6.85. The van der Waals surface area contributed by atoms with E-state index in [2.05, 4.69) is 12.2 Å². The van der Waals surface area contributed by atoms with Gasteiger partial charge in [0.25, 0.3) is 0 Å². The van der Waals surface area contributed by atoms with E-state index in [0.29, 0.717) is 38.6 Å². The molecule has 3 atom stereocenters. The molecule has 0 unspecified atom stereocenters. The van der Waals surface area contributed by atoms with Gasteiger partial charge in [0.15, 0.2) is 0 Å². The van der Waals surface area contributed by atoms with E-state index in [1.54, 1.807) is 0 Å². The molecule has 1 aromatic carbocycles. The van der Waals surface area contributed by atoms with E-state index < -0.39 is 30.1 Å². The van der Waals surface area contributed by atoms with Crippen molar-refractivity contribution in [3.63, 3.8) is 0 Å². The minimum Gasteiger partial charge on any atom is -0.480 e. The number of aliphatic carboxylic acids is 2. The molecule has 0 spiro atoms. The molecule has 1 heterocycles. The quantitative estimate of drug-likeness (QED) is 0.463. The summed E-state index contributed by atoms with van der Waals surface area (Å²) >= 11 is 0. The standard InChI is InChI=1S/C22H32N2O5/c1-2-3-5-11-17(20(25)24-15-8-12-19(24)22(28)29)23-18(21(26)27)14-13-16-9-6-4-7-10-16/h4,6-7,9-10,17-19,23H,2-3,5,8,11-15H2,1H3,(H,26,27)(H,28,29)/t17-,18-,19+/m1/s1. The maximum absolute atomic E-state index is 13.1. The summed E-state index contributed by atoms with van der Waals surface area (Å²) in [5, 5.41) is 22.1. The van der Waals surface area contributed by atoms with E-state index in [1.807, 2.05) is 30.3 Å². The van der Waals surface area contributed by atoms with Crippen LogP contribution < -0.4 is 5.32 Å². The van der Waals surface area contributed by atoms with Crippen molar-refractivity contribution in [2.75, 3.05) is 6.54 Å². The highest BCUT2D eigenvalue weighted by Crippen LogP contribution is 2.20. The van der Waals surface area contributed by atoms with Gasteiger partial charge in [-0.2, -0.15) is 0 Å². The SMILES string of the molecule is CCCCC[C@@H](N[C@H](CCc1ccccc1)C(=O)O)C(=O)N1CCC[C@H]1C(=O)O. The normalized spacial score (nSPS) is 18.4. The number of carboxylic acids is 2. The molecule has 1 fully saturated rings. The van der Waals surface area contributed by atoms with Crippen LogP contribution in [0.25, 0.3) is 0 Å². The number of nitrogens with zero attached hydrogens (tertiary/aromatic N) is 1. The Morgan fingerprint density at radius 1 is 1.10 bits per heavy atom. The molecule has 0 radical (unpaired) electrons. The summed E-state index contributed by atoms with van der Waals surface area (Å²) in [5.41, 5.74) is 1.04. The number of nitrogens with one attached hydrogen (secondary N) is 1. The molecule has 0 bridgehead atoms. The van der Waals surface area contributed by atoms with Crippen molar-refractivity contribution in [3.05, 3.63) is 35.9 Å². The lowest BCUT2D eigenvalue weighted by molar-refractivity contribution is -0.149. The molecule has 160 valence electrons. The zero-order chi connectivity index (χ0) is 21.2. The minimum absolute atomic E-state index is 0.294. The highest BCUT2D eigenvalue weighted by molar-refractivity contribution is 5.88. The molecule has 1 aliphatic rings. The summed E-state index contributed by atoms with van der Waals surface area (Å²) in [6.07, 6.45) is 5.26. The Kier molecular flexibility index (Phi) is 9.12. The van der Waals surface area contributed by atoms with Crippen LogP contribution in [0, 0.1) is 0 Å². The van der Waals surface area contributed by atoms with Gasteiger partial charge in [0, 0.05) is 6.54 Å². The third-order valence-electron chi connectivity index (χ3n) is 5.48. The number of rotatable bonds is 12. The number of unbranched alkanes of at least 4 members (excludes halogenated alkanes) is 2. The van der Waals surface area contributed by atoms with Gasteiger partial charge in [-0.3, -0.25) is 14.9 Å². The Bertz CT molecular complexity index is 679. The van der Waals surface area contributed by atoms with Crippen LogP contribution in [0.5, 0.6) is 0 Å². The van der Waals surface area contributed by atoms with Gasteiger partial charge in [0.2, 0.25) is 5.91 Å². The zero-order valence-electron chi connectivity index (χ0n) is 17.0. The van der Waals surface area contributed by atoms with Gasteiger partial charge < -0.3 is 15.1 Å². The topological polar surface area (TPSA) is 107 Å². The molecule has 0 aromatic heterocycles. The van der Waals surface area contributed by atoms with Gasteiger partial charge in [0.05, 0.1) is 6.04 Å². The second kappa shape index (κ2) is 11.6. The second-order valence-electron chi connectivity index (χ2n) is 7.66. The minimum atomic E-state index is -0.998. The van der Waals surface area contributed by atoms with Crippen LogP contribution in [-0.4, -0.2) is 57.6 Å². The molecular weight excluding hydrogens is 372 g/mol. The van der Waals surface area contributed by atoms with Crippen LogP contribution in [-0.2, 0) is 20.8 Å². The number of hydrogen-bond donors (Lipinski definition) is 3. The molecule has 0 saturated carbocycles. The highest BCUT2D eigenvalue weighted by Gasteiger charge is 2.38. The number of carbonyl (C=O) groups is 3. The number of amides is 1. The molecule has 2 rings (SSSR count). The molecular formula is C22H32N2O5. The van der Waals surface area contributed by atoms with Crippen molar-refractivity contribution in [1.82, 2.24) is 10.2 Å². The lowest BCUT2D eigenvalue weighted by Crippen LogP contribution is -2.54. The van der Waals surface area contributed by atoms with Gasteiger partial charge in [-0.25, -0.2) is 4.79 Å². The first-order chi connectivity index (χ1) is 13.9. The predicted molar refractivity (Wildman–Crippen MR) is 110 cm³/mol. The Morgan fingerprint density at radius 3 is 2.45 bits per heavy atom. The Morgan fingerprint density at radius 2 is 1.83 bits per heavy atom. The largest absolute Gasteiger partial charge is 0.480 e. The van der Waals surface area contributed by atoms with E-state index in [4.69, 9.17) is 0 Å². The zero-order valence-corrected chi connectivity index (χ0v) is 17.0. The van der Waals surface area contributed by atoms with Crippen molar-refractivity contribution < 1.29 is 24.6 Å². The van der Waals surface area contributed by atoms with E-state index in [9.17, 15) is 24.6 Å². The molecule has 7 heteroatoms. The average Bonchev–Trinajstić information content (AvgIpc) is 3.20. The fourth-order valence-electron chi connectivity index (χ4n) is 3.84. The van der Waals surface area contributed by atoms with Crippen molar-refractivity contribution in [2.24, 2.45) is 0 Å². The summed E-state index contributed by atoms with van der Waals surface area (Å²) in [6, 6.07) is 7.27. The van der Waals surface area contributed by atoms with Crippen molar-refractivity contribution in [3.8, 4) is 0 Å². The van der Waals surface area contributed by atoms with E-state index >= 15 is 0 Å². The van der Waals surface area contributed by atoms with Crippen molar-refractivity contribution in [1.29, 1.82) is 0 Å². The molecule has 0 aliphatic carbocycles. The van der Waals surface area contributed by atoms with Crippen molar-refractivity contribution >= 4 is 17.8 Å². The number of carbonyl (C=O) groups excluding carboxylic acids is 1. The maximum atomic E-state index is 13.1. The van der Waals surface area contributed by atoms with Crippen LogP contribution >= 0.6 is 0 Å². The average molecular weight is 405 g/mol. The van der Waals surface area contributed by atoms with E-state index in [-0.39, 0.29) is 5.91 Å². The van der Waals surface area contributed by atoms with E-state index in [0.717, 1.165) is 24.8 Å². The molecule has 3 N–H and O–H groups in total. The van der Waals surface area contributed by atoms with Gasteiger partial charge in [-0.1, -0.05) is 56.5 Å². The first-order valence-electron chi connectivity index (χ1n) is 10.5. The van der Waals surface area contributed by atoms with E-state index in [1.165, 1.54) is 4.90 Å². The summed E-state index contributed by atoms with van der Waals surface area (Å²) in [4.78, 5) is 37.8. The molecule has 1 aromatic rings. The van der Waals surface area contributed by atoms with Gasteiger partial charge in [-0.15, -0.1) is 0 Å². The molecule has 1 saturated heterocycles. The number of carboxylic acid groups (broad SMARTS) is 2. The lowest BCUT2D eigenvalue weighted by atomic mass is 10.0. The van der Waals surface area contributed by atoms with Crippen molar-refractivity contribution in [2.45, 2.75) is 76.4 Å². The van der Waals surface area contributed by atoms with Gasteiger partial charge >= 0.3 is 11.9 Å². The number of likely N-dealkylation sites (tertiary alicyclic amines) is 1. The second-order valence-corrected chi connectivity index (χ2v) is 7.66. The number of hydrogen-bond acceptors (Lipinski definition) is 4. The smallest absolute Gasteiger partial charge is 0.326 e. The maximum Gasteiger partial charge on any atom is 0.326 e. The monoisotopic (exact) mass is 404 g/mol. The first kappa shape index (κ1) is 22.9. The molecule has 1 aliphatic heterocycles. The molecule has 1 amide bonds. The third-order valence-corrected chi connectivity index (χ3v) is 5.48. The Balaban J connectivity index is 2.08. The van der Waals surface area contributed by atoms with Crippen LogP contribution in [0.15, 0.2) is 30.3 Å². The van der Waals surface area contributed by atoms with Crippen LogP contribution in [0.3, 0.4) is 0 Å². The summed E-state index contributed by atoms with van der Waals surface area (Å²) in [7, 11) is 0. The van der Waals surface area contributed by atoms with Gasteiger partial charge in [-0.05, 0) is 37.7 Å². The summed E-state index contributed by atoms with van der Waals surface area (Å²) < 4.78 is 0. The van der Waals surface area contributed by atoms with Crippen LogP contribution in [0.1, 0.15) is 57.4 Å². The van der Waals surface area contributed by atoms with Crippen LogP contribution in [0.2, 0.25) is 0 Å².